The molecule has 0 spiro atoms. The van der Waals surface area contributed by atoms with Gasteiger partial charge in [-0.1, -0.05) is 0 Å². The number of rotatable bonds is 1. The lowest BCUT2D eigenvalue weighted by Crippen LogP contribution is -2.54. The summed E-state index contributed by atoms with van der Waals surface area (Å²) in [7, 11) is 0. The molecule has 2 aliphatic heterocycles. The molecule has 2 saturated heterocycles. The molecular formula is C12H15F3N2O2. The molecule has 19 heavy (non-hydrogen) atoms. The van der Waals surface area contributed by atoms with E-state index in [1.165, 1.54) is 4.90 Å². The van der Waals surface area contributed by atoms with Crippen LogP contribution in [0.15, 0.2) is 0 Å². The monoisotopic (exact) mass is 276 g/mol. The molecule has 2 amide bonds. The minimum atomic E-state index is -4.40. The zero-order valence-electron chi connectivity index (χ0n) is 10.4. The van der Waals surface area contributed by atoms with Crippen LogP contribution < -0.4 is 0 Å². The largest absolute Gasteiger partial charge is 0.411 e. The molecule has 0 bridgehead atoms. The highest BCUT2D eigenvalue weighted by Crippen LogP contribution is 2.54. The topological polar surface area (TPSA) is 40.6 Å². The molecule has 3 rings (SSSR count). The van der Waals surface area contributed by atoms with Gasteiger partial charge in [0.05, 0.1) is 0 Å². The lowest BCUT2D eigenvalue weighted by atomic mass is 10.1. The van der Waals surface area contributed by atoms with Crippen molar-refractivity contribution in [2.45, 2.75) is 49.9 Å². The van der Waals surface area contributed by atoms with Crippen LogP contribution >= 0.6 is 0 Å². The number of hydrogen-bond donors (Lipinski definition) is 0. The van der Waals surface area contributed by atoms with E-state index in [9.17, 15) is 22.8 Å². The highest BCUT2D eigenvalue weighted by Gasteiger charge is 2.68. The summed E-state index contributed by atoms with van der Waals surface area (Å²) in [5.41, 5.74) is -2.00. The Bertz CT molecular complexity index is 431. The third-order valence-corrected chi connectivity index (χ3v) is 4.44. The van der Waals surface area contributed by atoms with Crippen LogP contribution in [0, 0.1) is 0 Å². The highest BCUT2D eigenvalue weighted by atomic mass is 19.4. The van der Waals surface area contributed by atoms with Crippen LogP contribution in [-0.4, -0.2) is 52.5 Å². The van der Waals surface area contributed by atoms with E-state index in [0.717, 1.165) is 4.90 Å². The van der Waals surface area contributed by atoms with Gasteiger partial charge in [-0.05, 0) is 25.7 Å². The Hall–Kier alpha value is -1.27. The molecule has 3 aliphatic rings. The number of carbonyl (C=O) groups excluding carboxylic acids is 2. The summed E-state index contributed by atoms with van der Waals surface area (Å²) < 4.78 is 39.4. The summed E-state index contributed by atoms with van der Waals surface area (Å²) in [6.07, 6.45) is -3.31. The number of hydrogen-bond acceptors (Lipinski definition) is 2. The standard InChI is InChI=1S/C12H15F3N2O2/c13-12(14,15)11(4-5-11)17-7-3-9(18)16-6-1-2-8(16)10(17)19/h8H,1-7H2. The second kappa shape index (κ2) is 3.86. The number of nitrogens with zero attached hydrogens (tertiary/aromatic N) is 2. The first kappa shape index (κ1) is 12.7. The maximum atomic E-state index is 13.1. The molecule has 0 radical (unpaired) electrons. The van der Waals surface area contributed by atoms with E-state index in [4.69, 9.17) is 0 Å². The van der Waals surface area contributed by atoms with Crippen molar-refractivity contribution in [2.24, 2.45) is 0 Å². The van der Waals surface area contributed by atoms with Crippen molar-refractivity contribution in [1.82, 2.24) is 9.80 Å². The van der Waals surface area contributed by atoms with E-state index in [-0.39, 0.29) is 31.7 Å². The van der Waals surface area contributed by atoms with Gasteiger partial charge in [0.2, 0.25) is 11.8 Å². The Kier molecular flexibility index (Phi) is 2.59. The molecule has 1 saturated carbocycles. The first-order valence-corrected chi connectivity index (χ1v) is 6.54. The van der Waals surface area contributed by atoms with Crippen molar-refractivity contribution in [3.05, 3.63) is 0 Å². The fourth-order valence-electron chi connectivity index (χ4n) is 3.21. The second-order valence-corrected chi connectivity index (χ2v) is 5.51. The lowest BCUT2D eigenvalue weighted by molar-refractivity contribution is -0.200. The summed E-state index contributed by atoms with van der Waals surface area (Å²) >= 11 is 0. The average molecular weight is 276 g/mol. The van der Waals surface area contributed by atoms with Crippen molar-refractivity contribution in [3.8, 4) is 0 Å². The Morgan fingerprint density at radius 3 is 2.42 bits per heavy atom. The SMILES string of the molecule is O=C1CCN(C2(C(F)(F)F)CC2)C(=O)C2CCCN12. The molecule has 1 aliphatic carbocycles. The summed E-state index contributed by atoms with van der Waals surface area (Å²) in [6.45, 7) is 0.381. The number of fused-ring (bicyclic) bond motifs is 1. The van der Waals surface area contributed by atoms with Crippen LogP contribution in [0.25, 0.3) is 0 Å². The van der Waals surface area contributed by atoms with Crippen molar-refractivity contribution in [3.63, 3.8) is 0 Å². The highest BCUT2D eigenvalue weighted by molar-refractivity contribution is 5.91. The molecule has 7 heteroatoms. The van der Waals surface area contributed by atoms with Gasteiger partial charge in [0, 0.05) is 19.5 Å². The van der Waals surface area contributed by atoms with Gasteiger partial charge in [-0.2, -0.15) is 13.2 Å². The van der Waals surface area contributed by atoms with E-state index in [1.54, 1.807) is 0 Å². The van der Waals surface area contributed by atoms with Crippen LogP contribution in [-0.2, 0) is 9.59 Å². The zero-order valence-corrected chi connectivity index (χ0v) is 10.4. The first-order valence-electron chi connectivity index (χ1n) is 6.54. The minimum absolute atomic E-state index is 0.0000694. The Labute approximate surface area is 108 Å². The van der Waals surface area contributed by atoms with Gasteiger partial charge in [0.25, 0.3) is 0 Å². The summed E-state index contributed by atoms with van der Waals surface area (Å²) in [5, 5.41) is 0. The van der Waals surface area contributed by atoms with Gasteiger partial charge in [0.1, 0.15) is 11.6 Å². The average Bonchev–Trinajstić information content (AvgIpc) is 3.01. The normalized spacial score (nSPS) is 30.4. The quantitative estimate of drug-likeness (QED) is 0.724. The molecule has 4 nitrogen and oxygen atoms in total. The van der Waals surface area contributed by atoms with Crippen molar-refractivity contribution >= 4 is 11.8 Å². The number of amides is 2. The van der Waals surface area contributed by atoms with Crippen LogP contribution in [0.1, 0.15) is 32.1 Å². The van der Waals surface area contributed by atoms with Gasteiger partial charge in [-0.3, -0.25) is 9.59 Å². The van der Waals surface area contributed by atoms with Gasteiger partial charge < -0.3 is 9.80 Å². The van der Waals surface area contributed by atoms with E-state index in [2.05, 4.69) is 0 Å². The van der Waals surface area contributed by atoms with Crippen LogP contribution in [0.5, 0.6) is 0 Å². The third kappa shape index (κ3) is 1.74. The van der Waals surface area contributed by atoms with Crippen LogP contribution in [0.2, 0.25) is 0 Å². The van der Waals surface area contributed by atoms with E-state index in [0.29, 0.717) is 19.4 Å². The van der Waals surface area contributed by atoms with Crippen molar-refractivity contribution in [2.75, 3.05) is 13.1 Å². The van der Waals surface area contributed by atoms with Gasteiger partial charge in [-0.15, -0.1) is 0 Å². The third-order valence-electron chi connectivity index (χ3n) is 4.44. The first-order chi connectivity index (χ1) is 8.87. The Balaban J connectivity index is 1.91. The van der Waals surface area contributed by atoms with E-state index < -0.39 is 23.7 Å². The fourth-order valence-corrected chi connectivity index (χ4v) is 3.21. The molecule has 3 fully saturated rings. The van der Waals surface area contributed by atoms with Gasteiger partial charge in [0.15, 0.2) is 0 Å². The fraction of sp³-hybridized carbons (Fsp3) is 0.833. The lowest BCUT2D eigenvalue weighted by Gasteiger charge is -2.34. The van der Waals surface area contributed by atoms with Crippen molar-refractivity contribution < 1.29 is 22.8 Å². The molecule has 0 aromatic heterocycles. The predicted molar refractivity (Wildman–Crippen MR) is 59.1 cm³/mol. The molecular weight excluding hydrogens is 261 g/mol. The predicted octanol–water partition coefficient (Wildman–Crippen LogP) is 1.30. The molecule has 0 N–H and O–H groups in total. The van der Waals surface area contributed by atoms with E-state index >= 15 is 0 Å². The summed E-state index contributed by atoms with van der Waals surface area (Å²) in [6, 6.07) is -0.671. The Morgan fingerprint density at radius 2 is 1.84 bits per heavy atom. The molecule has 1 atom stereocenters. The molecule has 0 aromatic rings. The summed E-state index contributed by atoms with van der Waals surface area (Å²) in [4.78, 5) is 26.6. The summed E-state index contributed by atoms with van der Waals surface area (Å²) in [5.74, 6) is -0.713. The number of halogens is 3. The Morgan fingerprint density at radius 1 is 1.16 bits per heavy atom. The second-order valence-electron chi connectivity index (χ2n) is 5.51. The van der Waals surface area contributed by atoms with Gasteiger partial charge >= 0.3 is 6.18 Å². The van der Waals surface area contributed by atoms with Crippen molar-refractivity contribution in [1.29, 1.82) is 0 Å². The van der Waals surface area contributed by atoms with E-state index in [1.807, 2.05) is 0 Å². The minimum Gasteiger partial charge on any atom is -0.331 e. The van der Waals surface area contributed by atoms with Gasteiger partial charge in [-0.25, -0.2) is 0 Å². The van der Waals surface area contributed by atoms with Crippen LogP contribution in [0.4, 0.5) is 13.2 Å². The molecule has 106 valence electrons. The molecule has 0 aromatic carbocycles. The smallest absolute Gasteiger partial charge is 0.331 e. The maximum Gasteiger partial charge on any atom is 0.411 e. The number of carbonyl (C=O) groups is 2. The molecule has 1 unspecified atom stereocenters. The zero-order chi connectivity index (χ0) is 13.8. The maximum absolute atomic E-state index is 13.1. The number of alkyl halides is 3. The molecule has 2 heterocycles. The van der Waals surface area contributed by atoms with Crippen LogP contribution in [0.3, 0.4) is 0 Å².